The van der Waals surface area contributed by atoms with E-state index in [1.807, 2.05) is 70.3 Å². The minimum Gasteiger partial charge on any atom is -0.457 e. The van der Waals surface area contributed by atoms with E-state index in [1.165, 1.54) is 0 Å². The smallest absolute Gasteiger partial charge is 0.410 e. The summed E-state index contributed by atoms with van der Waals surface area (Å²) in [5.74, 6) is -0.753. The van der Waals surface area contributed by atoms with E-state index >= 15 is 0 Å². The SMILES string of the molecule is C/C(=C\c1cccc(COC(=O)N2CCOCC2)c1)[C@H]1OC(=O)C[C@H](O)CC[C@H](C)[C@@H](OC(=O)N2CCN(C)CC2)/C=C/[C@@H]1C. The summed E-state index contributed by atoms with van der Waals surface area (Å²) >= 11 is 0. The number of rotatable bonds is 5. The second-order valence-corrected chi connectivity index (χ2v) is 12.5. The topological polar surface area (TPSA) is 118 Å². The van der Waals surface area contributed by atoms with E-state index in [0.717, 1.165) is 29.8 Å². The number of cyclic esters (lactones) is 1. The molecular formula is C34H49N3O8. The molecule has 0 saturated carbocycles. The molecule has 2 fully saturated rings. The number of piperazine rings is 1. The molecule has 45 heavy (non-hydrogen) atoms. The monoisotopic (exact) mass is 627 g/mol. The van der Waals surface area contributed by atoms with Gasteiger partial charge in [0.15, 0.2) is 0 Å². The van der Waals surface area contributed by atoms with E-state index in [-0.39, 0.29) is 37.0 Å². The van der Waals surface area contributed by atoms with Crippen LogP contribution >= 0.6 is 0 Å². The van der Waals surface area contributed by atoms with E-state index in [1.54, 1.807) is 9.80 Å². The second-order valence-electron chi connectivity index (χ2n) is 12.5. The molecular weight excluding hydrogens is 578 g/mol. The highest BCUT2D eigenvalue weighted by Crippen LogP contribution is 2.26. The average Bonchev–Trinajstić information content (AvgIpc) is 3.03. The van der Waals surface area contributed by atoms with Gasteiger partial charge in [-0.25, -0.2) is 9.59 Å². The molecule has 2 saturated heterocycles. The molecule has 3 aliphatic heterocycles. The maximum absolute atomic E-state index is 13.0. The van der Waals surface area contributed by atoms with Gasteiger partial charge >= 0.3 is 18.2 Å². The highest BCUT2D eigenvalue weighted by atomic mass is 16.6. The van der Waals surface area contributed by atoms with Crippen LogP contribution in [0.2, 0.25) is 0 Å². The lowest BCUT2D eigenvalue weighted by atomic mass is 9.91. The maximum atomic E-state index is 13.0. The van der Waals surface area contributed by atoms with Gasteiger partial charge in [-0.15, -0.1) is 0 Å². The number of hydrogen-bond acceptors (Lipinski definition) is 9. The Morgan fingerprint density at radius 3 is 2.44 bits per heavy atom. The molecule has 1 aromatic carbocycles. The molecule has 11 nitrogen and oxygen atoms in total. The summed E-state index contributed by atoms with van der Waals surface area (Å²) in [6.45, 7) is 10.9. The molecule has 1 N–H and O–H groups in total. The van der Waals surface area contributed by atoms with Crippen molar-refractivity contribution in [2.75, 3.05) is 59.5 Å². The zero-order chi connectivity index (χ0) is 32.3. The molecule has 248 valence electrons. The Morgan fingerprint density at radius 1 is 1.00 bits per heavy atom. The molecule has 0 spiro atoms. The molecule has 3 heterocycles. The van der Waals surface area contributed by atoms with Crippen LogP contribution in [0.1, 0.15) is 51.2 Å². The van der Waals surface area contributed by atoms with Gasteiger partial charge in [-0.3, -0.25) is 4.79 Å². The Kier molecular flexibility index (Phi) is 12.8. The Morgan fingerprint density at radius 2 is 1.71 bits per heavy atom. The first kappa shape index (κ1) is 34.5. The fourth-order valence-corrected chi connectivity index (χ4v) is 5.73. The van der Waals surface area contributed by atoms with Crippen molar-refractivity contribution >= 4 is 24.2 Å². The average molecular weight is 628 g/mol. The van der Waals surface area contributed by atoms with Crippen molar-refractivity contribution in [3.8, 4) is 0 Å². The van der Waals surface area contributed by atoms with Gasteiger partial charge in [-0.2, -0.15) is 0 Å². The fraction of sp³-hybridized carbons (Fsp3) is 0.618. The van der Waals surface area contributed by atoms with Gasteiger partial charge in [0.2, 0.25) is 0 Å². The van der Waals surface area contributed by atoms with Gasteiger partial charge < -0.3 is 38.8 Å². The lowest BCUT2D eigenvalue weighted by molar-refractivity contribution is -0.151. The van der Waals surface area contributed by atoms with Gasteiger partial charge in [0.1, 0.15) is 18.8 Å². The molecule has 1 aromatic rings. The highest BCUT2D eigenvalue weighted by Gasteiger charge is 2.29. The molecule has 2 amide bonds. The number of aliphatic hydroxyl groups excluding tert-OH is 1. The minimum atomic E-state index is -0.852. The molecule has 0 unspecified atom stereocenters. The minimum absolute atomic E-state index is 0.0508. The standard InChI is InChI=1S/C34H49N3O8/c1-24-8-10-29(38)22-31(39)45-32(25(2)9-11-30(24)44-34(41)36-14-12-35(4)13-15-36)26(3)20-27-6-5-7-28(21-27)23-43-33(40)37-16-18-42-19-17-37/h5-7,9,11,20-21,24-25,29-30,32,38H,8,10,12-19,22-23H2,1-4H3/b11-9+,26-20+/t24-,25-,29+,30-,32-/m0/s1. The van der Waals surface area contributed by atoms with Crippen molar-refractivity contribution in [3.05, 3.63) is 53.1 Å². The number of nitrogens with zero attached hydrogens (tertiary/aromatic N) is 3. The quantitative estimate of drug-likeness (QED) is 0.293. The molecule has 0 bridgehead atoms. The molecule has 5 atom stereocenters. The molecule has 0 aliphatic carbocycles. The number of carbonyl (C=O) groups excluding carboxylic acids is 3. The predicted octanol–water partition coefficient (Wildman–Crippen LogP) is 4.10. The third-order valence-corrected chi connectivity index (χ3v) is 8.68. The van der Waals surface area contributed by atoms with Crippen molar-refractivity contribution in [1.29, 1.82) is 0 Å². The zero-order valence-corrected chi connectivity index (χ0v) is 27.1. The van der Waals surface area contributed by atoms with Gasteiger partial charge in [0.05, 0.1) is 25.7 Å². The van der Waals surface area contributed by atoms with Crippen LogP contribution in [0.15, 0.2) is 42.0 Å². The van der Waals surface area contributed by atoms with Crippen LogP contribution in [-0.2, 0) is 30.3 Å². The maximum Gasteiger partial charge on any atom is 0.410 e. The molecule has 4 rings (SSSR count). The van der Waals surface area contributed by atoms with E-state index in [2.05, 4.69) is 4.90 Å². The van der Waals surface area contributed by atoms with Gasteiger partial charge in [0, 0.05) is 45.2 Å². The second kappa shape index (κ2) is 16.8. The first-order valence-corrected chi connectivity index (χ1v) is 16.1. The highest BCUT2D eigenvalue weighted by molar-refractivity contribution is 5.71. The first-order valence-electron chi connectivity index (χ1n) is 16.1. The van der Waals surface area contributed by atoms with Crippen LogP contribution in [0.5, 0.6) is 0 Å². The number of carbonyl (C=O) groups is 3. The van der Waals surface area contributed by atoms with Gasteiger partial charge in [0.25, 0.3) is 0 Å². The summed E-state index contributed by atoms with van der Waals surface area (Å²) in [5, 5.41) is 10.6. The summed E-state index contributed by atoms with van der Waals surface area (Å²) in [6.07, 6.45) is 4.04. The van der Waals surface area contributed by atoms with Gasteiger partial charge in [-0.1, -0.05) is 44.2 Å². The first-order chi connectivity index (χ1) is 21.6. The molecule has 0 radical (unpaired) electrons. The van der Waals surface area contributed by atoms with Crippen molar-refractivity contribution in [2.45, 2.75) is 65.0 Å². The van der Waals surface area contributed by atoms with Crippen LogP contribution in [0.4, 0.5) is 9.59 Å². The fourth-order valence-electron chi connectivity index (χ4n) is 5.73. The number of hydrogen-bond donors (Lipinski definition) is 1. The number of benzene rings is 1. The van der Waals surface area contributed by atoms with Crippen molar-refractivity contribution in [1.82, 2.24) is 14.7 Å². The number of esters is 1. The van der Waals surface area contributed by atoms with E-state index < -0.39 is 24.3 Å². The summed E-state index contributed by atoms with van der Waals surface area (Å²) in [4.78, 5) is 43.9. The van der Waals surface area contributed by atoms with E-state index in [0.29, 0.717) is 52.2 Å². The third kappa shape index (κ3) is 10.6. The van der Waals surface area contributed by atoms with Crippen LogP contribution in [0, 0.1) is 11.8 Å². The largest absolute Gasteiger partial charge is 0.457 e. The predicted molar refractivity (Wildman–Crippen MR) is 169 cm³/mol. The summed E-state index contributed by atoms with van der Waals surface area (Å²) in [5.41, 5.74) is 2.52. The van der Waals surface area contributed by atoms with Crippen molar-refractivity contribution < 1.29 is 38.4 Å². The van der Waals surface area contributed by atoms with Crippen LogP contribution in [0.25, 0.3) is 6.08 Å². The summed E-state index contributed by atoms with van der Waals surface area (Å²) < 4.78 is 22.8. The summed E-state index contributed by atoms with van der Waals surface area (Å²) in [6, 6.07) is 7.66. The summed E-state index contributed by atoms with van der Waals surface area (Å²) in [7, 11) is 2.04. The van der Waals surface area contributed by atoms with Crippen molar-refractivity contribution in [3.63, 3.8) is 0 Å². The van der Waals surface area contributed by atoms with Gasteiger partial charge in [-0.05, 0) is 61.6 Å². The Balaban J connectivity index is 1.47. The number of likely N-dealkylation sites (N-methyl/N-ethyl adjacent to an activating group) is 1. The van der Waals surface area contributed by atoms with Crippen LogP contribution in [-0.4, -0.2) is 116 Å². The lowest BCUT2D eigenvalue weighted by Crippen LogP contribution is -2.48. The molecule has 3 aliphatic rings. The van der Waals surface area contributed by atoms with E-state index in [4.69, 9.17) is 18.9 Å². The normalized spacial score (nSPS) is 28.3. The number of amides is 2. The van der Waals surface area contributed by atoms with Crippen molar-refractivity contribution in [2.24, 2.45) is 11.8 Å². The number of ether oxygens (including phenoxy) is 4. The Labute approximate surface area is 266 Å². The number of aliphatic hydroxyl groups is 1. The number of morpholine rings is 1. The van der Waals surface area contributed by atoms with E-state index in [9.17, 15) is 19.5 Å². The molecule has 11 heteroatoms. The lowest BCUT2D eigenvalue weighted by Gasteiger charge is -2.33. The third-order valence-electron chi connectivity index (χ3n) is 8.68. The zero-order valence-electron chi connectivity index (χ0n) is 27.1. The Bertz CT molecular complexity index is 1210. The molecule has 0 aromatic heterocycles. The van der Waals surface area contributed by atoms with Crippen LogP contribution < -0.4 is 0 Å². The Hall–Kier alpha value is -3.41. The van der Waals surface area contributed by atoms with Crippen LogP contribution in [0.3, 0.4) is 0 Å².